The second-order valence-electron chi connectivity index (χ2n) is 4.62. The third kappa shape index (κ3) is 3.87. The molecule has 0 heterocycles. The van der Waals surface area contributed by atoms with E-state index in [1.54, 1.807) is 18.2 Å². The van der Waals surface area contributed by atoms with E-state index in [0.29, 0.717) is 22.5 Å². The Morgan fingerprint density at radius 3 is 2.78 bits per heavy atom. The minimum absolute atomic E-state index is 0.140. The number of hydrogen-bond acceptors (Lipinski definition) is 2. The van der Waals surface area contributed by atoms with Crippen LogP contribution in [0.5, 0.6) is 0 Å². The number of nitrogens with one attached hydrogen (secondary N) is 1. The van der Waals surface area contributed by atoms with Crippen LogP contribution in [-0.4, -0.2) is 23.7 Å². The highest BCUT2D eigenvalue weighted by molar-refractivity contribution is 6.35. The molecule has 1 atom stereocenters. The van der Waals surface area contributed by atoms with Gasteiger partial charge in [0.1, 0.15) is 0 Å². The first kappa shape index (κ1) is 13.7. The van der Waals surface area contributed by atoms with E-state index < -0.39 is 6.10 Å². The van der Waals surface area contributed by atoms with Gasteiger partial charge in [0.15, 0.2) is 0 Å². The third-order valence-electron chi connectivity index (χ3n) is 3.04. The Morgan fingerprint density at radius 1 is 1.44 bits per heavy atom. The summed E-state index contributed by atoms with van der Waals surface area (Å²) in [5.41, 5.74) is 0.736. The van der Waals surface area contributed by atoms with Gasteiger partial charge in [-0.25, -0.2) is 0 Å². The van der Waals surface area contributed by atoms with Crippen molar-refractivity contribution >= 4 is 29.1 Å². The van der Waals surface area contributed by atoms with Crippen molar-refractivity contribution in [3.8, 4) is 0 Å². The molecule has 0 radical (unpaired) electrons. The molecule has 0 bridgehead atoms. The molecule has 0 aliphatic heterocycles. The first-order chi connectivity index (χ1) is 8.56. The minimum Gasteiger partial charge on any atom is -0.391 e. The molecular weight excluding hydrogens is 273 g/mol. The molecule has 5 heteroatoms. The number of amides is 1. The lowest BCUT2D eigenvalue weighted by Crippen LogP contribution is -2.34. The van der Waals surface area contributed by atoms with E-state index in [-0.39, 0.29) is 12.3 Å². The summed E-state index contributed by atoms with van der Waals surface area (Å²) in [6.45, 7) is 0.314. The van der Waals surface area contributed by atoms with Crippen LogP contribution < -0.4 is 5.32 Å². The Morgan fingerprint density at radius 2 is 2.17 bits per heavy atom. The quantitative estimate of drug-likeness (QED) is 0.874. The normalized spacial score (nSPS) is 16.4. The Kier molecular flexibility index (Phi) is 4.49. The van der Waals surface area contributed by atoms with Gasteiger partial charge in [0.05, 0.1) is 12.5 Å². The first-order valence-electron chi connectivity index (χ1n) is 5.95. The van der Waals surface area contributed by atoms with Gasteiger partial charge in [-0.2, -0.15) is 0 Å². The van der Waals surface area contributed by atoms with Gasteiger partial charge in [0.25, 0.3) is 0 Å². The molecule has 2 N–H and O–H groups in total. The molecule has 1 aliphatic rings. The van der Waals surface area contributed by atoms with Crippen LogP contribution in [0.15, 0.2) is 18.2 Å². The molecule has 1 aliphatic carbocycles. The van der Waals surface area contributed by atoms with Crippen molar-refractivity contribution in [1.29, 1.82) is 0 Å². The van der Waals surface area contributed by atoms with Gasteiger partial charge < -0.3 is 10.4 Å². The van der Waals surface area contributed by atoms with E-state index in [0.717, 1.165) is 18.4 Å². The highest BCUT2D eigenvalue weighted by Crippen LogP contribution is 2.32. The van der Waals surface area contributed by atoms with Crippen LogP contribution in [0.1, 0.15) is 18.4 Å². The van der Waals surface area contributed by atoms with Crippen molar-refractivity contribution in [2.45, 2.75) is 25.4 Å². The summed E-state index contributed by atoms with van der Waals surface area (Å²) < 4.78 is 0. The largest absolute Gasteiger partial charge is 0.391 e. The van der Waals surface area contributed by atoms with Gasteiger partial charge in [-0.1, -0.05) is 29.3 Å². The smallest absolute Gasteiger partial charge is 0.224 e. The van der Waals surface area contributed by atoms with Crippen molar-refractivity contribution in [2.24, 2.45) is 5.92 Å². The molecule has 1 saturated carbocycles. The van der Waals surface area contributed by atoms with E-state index >= 15 is 0 Å². The molecule has 1 amide bonds. The molecule has 0 aromatic heterocycles. The fourth-order valence-corrected chi connectivity index (χ4v) is 2.24. The number of benzene rings is 1. The van der Waals surface area contributed by atoms with Crippen molar-refractivity contribution in [3.05, 3.63) is 33.8 Å². The predicted molar refractivity (Wildman–Crippen MR) is 71.9 cm³/mol. The molecule has 18 heavy (non-hydrogen) atoms. The standard InChI is InChI=1S/C13H15Cl2NO2/c14-10-4-3-9(11(15)6-10)5-13(18)16-7-12(17)8-1-2-8/h3-4,6,8,12,17H,1-2,5,7H2,(H,16,18). The zero-order chi connectivity index (χ0) is 13.1. The van der Waals surface area contributed by atoms with Gasteiger partial charge in [-0.15, -0.1) is 0 Å². The Bertz CT molecular complexity index is 447. The van der Waals surface area contributed by atoms with Crippen molar-refractivity contribution < 1.29 is 9.90 Å². The topological polar surface area (TPSA) is 49.3 Å². The van der Waals surface area contributed by atoms with E-state index in [4.69, 9.17) is 23.2 Å². The van der Waals surface area contributed by atoms with E-state index in [2.05, 4.69) is 5.32 Å². The lowest BCUT2D eigenvalue weighted by atomic mass is 10.1. The summed E-state index contributed by atoms with van der Waals surface area (Å²) in [6, 6.07) is 5.06. The number of aliphatic hydroxyl groups excluding tert-OH is 1. The zero-order valence-electron chi connectivity index (χ0n) is 9.83. The number of carbonyl (C=O) groups excluding carboxylic acids is 1. The number of hydrogen-bond donors (Lipinski definition) is 2. The second kappa shape index (κ2) is 5.91. The molecule has 98 valence electrons. The summed E-state index contributed by atoms with van der Waals surface area (Å²) in [7, 11) is 0. The lowest BCUT2D eigenvalue weighted by Gasteiger charge is -2.11. The molecule has 0 spiro atoms. The second-order valence-corrected chi connectivity index (χ2v) is 5.46. The number of rotatable bonds is 5. The van der Waals surface area contributed by atoms with Crippen LogP contribution >= 0.6 is 23.2 Å². The van der Waals surface area contributed by atoms with E-state index in [9.17, 15) is 9.90 Å². The van der Waals surface area contributed by atoms with E-state index in [1.165, 1.54) is 0 Å². The van der Waals surface area contributed by atoms with Gasteiger partial charge >= 0.3 is 0 Å². The summed E-state index contributed by atoms with van der Waals surface area (Å²) in [5.74, 6) is 0.225. The van der Waals surface area contributed by atoms with Crippen LogP contribution in [0.25, 0.3) is 0 Å². The molecular formula is C13H15Cl2NO2. The Hall–Kier alpha value is -0.770. The van der Waals surface area contributed by atoms with Gasteiger partial charge in [-0.3, -0.25) is 4.79 Å². The maximum Gasteiger partial charge on any atom is 0.224 e. The summed E-state index contributed by atoms with van der Waals surface area (Å²) >= 11 is 11.8. The van der Waals surface area contributed by atoms with Gasteiger partial charge in [0.2, 0.25) is 5.91 Å². The minimum atomic E-state index is -0.422. The van der Waals surface area contributed by atoms with Crippen molar-refractivity contribution in [3.63, 3.8) is 0 Å². The fourth-order valence-electron chi connectivity index (χ4n) is 1.77. The third-order valence-corrected chi connectivity index (χ3v) is 3.63. The lowest BCUT2D eigenvalue weighted by molar-refractivity contribution is -0.120. The zero-order valence-corrected chi connectivity index (χ0v) is 11.3. The highest BCUT2D eigenvalue weighted by Gasteiger charge is 2.29. The summed E-state index contributed by atoms with van der Waals surface area (Å²) in [4.78, 5) is 11.7. The van der Waals surface area contributed by atoms with Crippen LogP contribution in [0, 0.1) is 5.92 Å². The molecule has 1 aromatic carbocycles. The predicted octanol–water partition coefficient (Wildman–Crippen LogP) is 2.42. The molecule has 1 aromatic rings. The molecule has 3 nitrogen and oxygen atoms in total. The number of aliphatic hydroxyl groups is 1. The highest BCUT2D eigenvalue weighted by atomic mass is 35.5. The van der Waals surface area contributed by atoms with Crippen LogP contribution in [0.4, 0.5) is 0 Å². The molecule has 2 rings (SSSR count). The number of carbonyl (C=O) groups is 1. The average molecular weight is 288 g/mol. The maximum atomic E-state index is 11.7. The van der Waals surface area contributed by atoms with E-state index in [1.807, 2.05) is 0 Å². The summed E-state index contributed by atoms with van der Waals surface area (Å²) in [5, 5.41) is 13.4. The molecule has 0 saturated heterocycles. The van der Waals surface area contributed by atoms with Crippen LogP contribution in [0.3, 0.4) is 0 Å². The fraction of sp³-hybridized carbons (Fsp3) is 0.462. The first-order valence-corrected chi connectivity index (χ1v) is 6.70. The SMILES string of the molecule is O=C(Cc1ccc(Cl)cc1Cl)NCC(O)C1CC1. The maximum absolute atomic E-state index is 11.7. The Balaban J connectivity index is 1.82. The Labute approximate surface area is 116 Å². The molecule has 1 fully saturated rings. The monoisotopic (exact) mass is 287 g/mol. The van der Waals surface area contributed by atoms with Gasteiger partial charge in [0, 0.05) is 16.6 Å². The van der Waals surface area contributed by atoms with Crippen LogP contribution in [0.2, 0.25) is 10.0 Å². The van der Waals surface area contributed by atoms with Crippen molar-refractivity contribution in [2.75, 3.05) is 6.54 Å². The van der Waals surface area contributed by atoms with Crippen molar-refractivity contribution in [1.82, 2.24) is 5.32 Å². The van der Waals surface area contributed by atoms with Crippen LogP contribution in [-0.2, 0) is 11.2 Å². The van der Waals surface area contributed by atoms with Gasteiger partial charge in [-0.05, 0) is 36.5 Å². The number of halogens is 2. The average Bonchev–Trinajstić information content (AvgIpc) is 3.14. The summed E-state index contributed by atoms with van der Waals surface area (Å²) in [6.07, 6.45) is 1.89. The molecule has 1 unspecified atom stereocenters.